The van der Waals surface area contributed by atoms with Crippen LogP contribution in [0.15, 0.2) is 41.7 Å². The lowest BCUT2D eigenvalue weighted by molar-refractivity contribution is 0.318. The van der Waals surface area contributed by atoms with E-state index in [9.17, 15) is 0 Å². The van der Waals surface area contributed by atoms with E-state index in [2.05, 4.69) is 10.1 Å². The van der Waals surface area contributed by atoms with Crippen LogP contribution >= 0.6 is 23.2 Å². The molecular formula is C12H9Cl2N3O2. The Morgan fingerprint density at radius 1 is 1.21 bits per heavy atom. The quantitative estimate of drug-likeness (QED) is 0.394. The lowest BCUT2D eigenvalue weighted by atomic mass is 10.3. The Hall–Kier alpha value is -1.98. The highest BCUT2D eigenvalue weighted by molar-refractivity contribution is 6.42. The van der Waals surface area contributed by atoms with Gasteiger partial charge in [0.2, 0.25) is 0 Å². The number of benzene rings is 1. The number of hydrogen-bond acceptors (Lipinski definition) is 4. The molecule has 2 aromatic rings. The summed E-state index contributed by atoms with van der Waals surface area (Å²) < 4.78 is 5.59. The predicted octanol–water partition coefficient (Wildman–Crippen LogP) is 3.28. The zero-order valence-electron chi connectivity index (χ0n) is 9.55. The predicted molar refractivity (Wildman–Crippen MR) is 73.3 cm³/mol. The van der Waals surface area contributed by atoms with Crippen molar-refractivity contribution in [3.8, 4) is 11.5 Å². The number of hydrogen-bond donors (Lipinski definition) is 2. The number of oxime groups is 1. The maximum Gasteiger partial charge on any atom is 0.192 e. The number of halogens is 2. The number of aromatic nitrogens is 1. The van der Waals surface area contributed by atoms with Gasteiger partial charge in [0.25, 0.3) is 0 Å². The molecule has 98 valence electrons. The first kappa shape index (κ1) is 13.5. The molecule has 1 heterocycles. The summed E-state index contributed by atoms with van der Waals surface area (Å²) in [6, 6.07) is 8.27. The normalized spacial score (nSPS) is 11.4. The molecule has 2 rings (SSSR count). The Kier molecular flexibility index (Phi) is 4.09. The summed E-state index contributed by atoms with van der Waals surface area (Å²) in [6.07, 6.45) is 1.50. The topological polar surface area (TPSA) is 80.7 Å². The van der Waals surface area contributed by atoms with E-state index in [0.717, 1.165) is 0 Å². The van der Waals surface area contributed by atoms with Gasteiger partial charge in [-0.3, -0.25) is 0 Å². The summed E-state index contributed by atoms with van der Waals surface area (Å²) >= 11 is 11.9. The van der Waals surface area contributed by atoms with E-state index in [4.69, 9.17) is 38.9 Å². The Morgan fingerprint density at radius 2 is 1.95 bits per heavy atom. The van der Waals surface area contributed by atoms with Crippen molar-refractivity contribution in [3.05, 3.63) is 52.3 Å². The first-order valence-corrected chi connectivity index (χ1v) is 5.94. The molecule has 1 aromatic heterocycles. The van der Waals surface area contributed by atoms with E-state index in [1.54, 1.807) is 30.3 Å². The van der Waals surface area contributed by atoms with Gasteiger partial charge in [0.05, 0.1) is 5.02 Å². The molecule has 0 saturated heterocycles. The van der Waals surface area contributed by atoms with Crippen molar-refractivity contribution < 1.29 is 9.94 Å². The molecule has 0 bridgehead atoms. The van der Waals surface area contributed by atoms with Gasteiger partial charge in [-0.05, 0) is 24.3 Å². The van der Waals surface area contributed by atoms with Crippen LogP contribution in [0.2, 0.25) is 10.0 Å². The molecule has 0 aliphatic carbocycles. The van der Waals surface area contributed by atoms with Crippen LogP contribution in [0.5, 0.6) is 11.5 Å². The summed E-state index contributed by atoms with van der Waals surface area (Å²) in [5, 5.41) is 12.2. The highest BCUT2D eigenvalue weighted by atomic mass is 35.5. The molecule has 19 heavy (non-hydrogen) atoms. The summed E-state index contributed by atoms with van der Waals surface area (Å²) in [6.45, 7) is 0. The lowest BCUT2D eigenvalue weighted by Crippen LogP contribution is -2.16. The standard InChI is InChI=1S/C12H9Cl2N3O2/c13-7-3-1-4-8(10(7)14)19-9-5-2-6-16-11(9)12(15)17-18/h1-6,18H,(H2,15,17). The van der Waals surface area contributed by atoms with Gasteiger partial charge in [-0.2, -0.15) is 0 Å². The number of amidine groups is 1. The van der Waals surface area contributed by atoms with Crippen LogP contribution in [-0.2, 0) is 0 Å². The molecule has 0 fully saturated rings. The zero-order valence-corrected chi connectivity index (χ0v) is 11.1. The second-order valence-electron chi connectivity index (χ2n) is 3.49. The molecule has 0 aliphatic heterocycles. The molecule has 0 unspecified atom stereocenters. The number of pyridine rings is 1. The summed E-state index contributed by atoms with van der Waals surface area (Å²) in [5.74, 6) is 0.505. The van der Waals surface area contributed by atoms with Gasteiger partial charge in [-0.1, -0.05) is 34.4 Å². The minimum absolute atomic E-state index is 0.159. The second kappa shape index (κ2) is 5.77. The number of nitrogens with zero attached hydrogens (tertiary/aromatic N) is 2. The highest BCUT2D eigenvalue weighted by Gasteiger charge is 2.13. The lowest BCUT2D eigenvalue weighted by Gasteiger charge is -2.10. The van der Waals surface area contributed by atoms with Gasteiger partial charge in [0, 0.05) is 6.20 Å². The largest absolute Gasteiger partial charge is 0.453 e. The average Bonchev–Trinajstić information content (AvgIpc) is 2.43. The zero-order chi connectivity index (χ0) is 13.8. The average molecular weight is 298 g/mol. The summed E-state index contributed by atoms with van der Waals surface area (Å²) in [7, 11) is 0. The molecule has 0 amide bonds. The molecule has 5 nitrogen and oxygen atoms in total. The summed E-state index contributed by atoms with van der Waals surface area (Å²) in [5.41, 5.74) is 5.72. The van der Waals surface area contributed by atoms with Gasteiger partial charge in [0.1, 0.15) is 10.8 Å². The van der Waals surface area contributed by atoms with Crippen molar-refractivity contribution in [1.29, 1.82) is 0 Å². The van der Waals surface area contributed by atoms with Gasteiger partial charge >= 0.3 is 0 Å². The summed E-state index contributed by atoms with van der Waals surface area (Å²) in [4.78, 5) is 3.98. The third-order valence-corrected chi connectivity index (χ3v) is 3.06. The minimum atomic E-state index is -0.159. The molecular weight excluding hydrogens is 289 g/mol. The maximum atomic E-state index is 8.70. The van der Waals surface area contributed by atoms with Crippen LogP contribution in [0.4, 0.5) is 0 Å². The molecule has 1 aromatic carbocycles. The van der Waals surface area contributed by atoms with Gasteiger partial charge < -0.3 is 15.7 Å². The van der Waals surface area contributed by atoms with E-state index < -0.39 is 0 Å². The number of nitrogens with two attached hydrogens (primary N) is 1. The van der Waals surface area contributed by atoms with Crippen molar-refractivity contribution in [2.24, 2.45) is 10.9 Å². The van der Waals surface area contributed by atoms with E-state index >= 15 is 0 Å². The van der Waals surface area contributed by atoms with Gasteiger partial charge in [-0.25, -0.2) is 4.98 Å². The Labute approximate surface area is 119 Å². The minimum Gasteiger partial charge on any atom is -0.453 e. The molecule has 7 heteroatoms. The van der Waals surface area contributed by atoms with Crippen molar-refractivity contribution >= 4 is 29.0 Å². The van der Waals surface area contributed by atoms with Crippen molar-refractivity contribution in [3.63, 3.8) is 0 Å². The van der Waals surface area contributed by atoms with Crippen LogP contribution < -0.4 is 10.5 Å². The fourth-order valence-corrected chi connectivity index (χ4v) is 1.72. The fourth-order valence-electron chi connectivity index (χ4n) is 1.39. The molecule has 0 atom stereocenters. The van der Waals surface area contributed by atoms with Crippen LogP contribution in [0, 0.1) is 0 Å². The second-order valence-corrected chi connectivity index (χ2v) is 4.27. The van der Waals surface area contributed by atoms with Crippen LogP contribution in [-0.4, -0.2) is 16.0 Å². The van der Waals surface area contributed by atoms with Crippen LogP contribution in [0.1, 0.15) is 5.69 Å². The monoisotopic (exact) mass is 297 g/mol. The Bertz CT molecular complexity index is 632. The number of ether oxygens (including phenoxy) is 1. The van der Waals surface area contributed by atoms with Crippen LogP contribution in [0.25, 0.3) is 0 Å². The Balaban J connectivity index is 2.42. The fraction of sp³-hybridized carbons (Fsp3) is 0. The van der Waals surface area contributed by atoms with Crippen molar-refractivity contribution in [2.75, 3.05) is 0 Å². The molecule has 0 aliphatic rings. The maximum absolute atomic E-state index is 8.70. The molecule has 0 spiro atoms. The van der Waals surface area contributed by atoms with Crippen molar-refractivity contribution in [1.82, 2.24) is 4.98 Å². The van der Waals surface area contributed by atoms with Gasteiger partial charge in [0.15, 0.2) is 17.3 Å². The van der Waals surface area contributed by atoms with E-state index in [-0.39, 0.29) is 16.6 Å². The highest BCUT2D eigenvalue weighted by Crippen LogP contribution is 2.35. The number of rotatable bonds is 3. The smallest absolute Gasteiger partial charge is 0.192 e. The third kappa shape index (κ3) is 2.89. The first-order valence-electron chi connectivity index (χ1n) is 5.18. The van der Waals surface area contributed by atoms with Crippen LogP contribution in [0.3, 0.4) is 0 Å². The third-order valence-electron chi connectivity index (χ3n) is 2.26. The SMILES string of the molecule is N/C(=N/O)c1ncccc1Oc1cccc(Cl)c1Cl. The van der Waals surface area contributed by atoms with E-state index in [1.165, 1.54) is 6.20 Å². The first-order chi connectivity index (χ1) is 9.13. The molecule has 3 N–H and O–H groups in total. The molecule has 0 saturated carbocycles. The van der Waals surface area contributed by atoms with Gasteiger partial charge in [-0.15, -0.1) is 0 Å². The Morgan fingerprint density at radius 3 is 2.68 bits per heavy atom. The molecule has 0 radical (unpaired) electrons. The van der Waals surface area contributed by atoms with Crippen molar-refractivity contribution in [2.45, 2.75) is 0 Å². The van der Waals surface area contributed by atoms with E-state index in [1.807, 2.05) is 0 Å². The van der Waals surface area contributed by atoms with E-state index in [0.29, 0.717) is 16.5 Å².